The van der Waals surface area contributed by atoms with E-state index < -0.39 is 7.85 Å². The van der Waals surface area contributed by atoms with Crippen LogP contribution < -0.4 is 0 Å². The normalized spacial score (nSPS) is 12.1. The molecular weight excluding hydrogens is 455 g/mol. The molecular formula is C28H17N4PS. The fraction of sp³-hybridized carbons (Fsp3) is 0. The van der Waals surface area contributed by atoms with Gasteiger partial charge in [0, 0.05) is 26.8 Å². The maximum atomic E-state index is 4.58. The lowest BCUT2D eigenvalue weighted by Crippen LogP contribution is -1.87. The molecule has 8 aromatic rings. The zero-order valence-electron chi connectivity index (χ0n) is 18.0. The van der Waals surface area contributed by atoms with E-state index >= 15 is 0 Å². The van der Waals surface area contributed by atoms with Crippen molar-refractivity contribution < 1.29 is 0 Å². The van der Waals surface area contributed by atoms with E-state index in [1.54, 1.807) is 0 Å². The minimum atomic E-state index is -0.936. The van der Waals surface area contributed by atoms with Gasteiger partial charge in [0.1, 0.15) is 11.0 Å². The molecule has 0 aliphatic heterocycles. The van der Waals surface area contributed by atoms with Crippen molar-refractivity contribution in [2.45, 2.75) is 0 Å². The number of fused-ring (bicyclic) bond motifs is 10. The van der Waals surface area contributed by atoms with Gasteiger partial charge in [-0.3, -0.25) is 8.33 Å². The summed E-state index contributed by atoms with van der Waals surface area (Å²) < 4.78 is 14.3. The van der Waals surface area contributed by atoms with Crippen molar-refractivity contribution in [1.29, 1.82) is 0 Å². The summed E-state index contributed by atoms with van der Waals surface area (Å²) in [6.07, 6.45) is 0. The average Bonchev–Trinajstić information content (AvgIpc) is 3.58. The van der Waals surface area contributed by atoms with Gasteiger partial charge in [0.15, 0.2) is 0 Å². The number of nitrogens with zero attached hydrogens (tertiary/aromatic N) is 4. The van der Waals surface area contributed by atoms with Crippen LogP contribution >= 0.6 is 19.6 Å². The SMILES string of the molecule is c1ccc(-p2n3c4ccccc4cc3c3cc4nsnc4cc3c3cc4ccccc4n32)cc1. The average molecular weight is 473 g/mol. The van der Waals surface area contributed by atoms with Gasteiger partial charge in [-0.25, -0.2) is 0 Å². The molecule has 4 heterocycles. The molecule has 4 aromatic heterocycles. The highest BCUT2D eigenvalue weighted by molar-refractivity contribution is 7.51. The Hall–Kier alpha value is -3.92. The number of hydrogen-bond donors (Lipinski definition) is 0. The second-order valence-electron chi connectivity index (χ2n) is 8.58. The Morgan fingerprint density at radius 2 is 1.03 bits per heavy atom. The van der Waals surface area contributed by atoms with Crippen molar-refractivity contribution >= 4 is 74.2 Å². The summed E-state index contributed by atoms with van der Waals surface area (Å²) in [6, 6.07) is 37.5. The Morgan fingerprint density at radius 1 is 0.529 bits per heavy atom. The number of rotatable bonds is 1. The van der Waals surface area contributed by atoms with E-state index in [1.165, 1.54) is 60.6 Å². The summed E-state index contributed by atoms with van der Waals surface area (Å²) in [5.41, 5.74) is 6.87. The monoisotopic (exact) mass is 472 g/mol. The van der Waals surface area contributed by atoms with Crippen LogP contribution in [0.3, 0.4) is 0 Å². The van der Waals surface area contributed by atoms with Crippen molar-refractivity contribution in [3.05, 3.63) is 103 Å². The number of para-hydroxylation sites is 2. The van der Waals surface area contributed by atoms with Crippen molar-refractivity contribution in [2.24, 2.45) is 0 Å². The number of benzene rings is 4. The van der Waals surface area contributed by atoms with E-state index in [0.29, 0.717) is 0 Å². The van der Waals surface area contributed by atoms with E-state index in [0.717, 1.165) is 11.0 Å². The molecule has 6 heteroatoms. The van der Waals surface area contributed by atoms with Crippen LogP contribution in [0.1, 0.15) is 0 Å². The number of aromatic nitrogens is 4. The third kappa shape index (κ3) is 2.43. The second kappa shape index (κ2) is 6.80. The smallest absolute Gasteiger partial charge is 0.105 e. The van der Waals surface area contributed by atoms with Crippen molar-refractivity contribution in [3.63, 3.8) is 0 Å². The third-order valence-corrected chi connectivity index (χ3v) is 9.62. The quantitative estimate of drug-likeness (QED) is 0.241. The van der Waals surface area contributed by atoms with Gasteiger partial charge in [-0.05, 0) is 48.5 Å². The van der Waals surface area contributed by atoms with Crippen LogP contribution in [0, 0.1) is 0 Å². The van der Waals surface area contributed by atoms with Gasteiger partial charge < -0.3 is 0 Å². The molecule has 0 spiro atoms. The van der Waals surface area contributed by atoms with Crippen LogP contribution in [-0.4, -0.2) is 17.1 Å². The molecule has 160 valence electrons. The van der Waals surface area contributed by atoms with Crippen LogP contribution in [0.15, 0.2) is 103 Å². The van der Waals surface area contributed by atoms with Crippen molar-refractivity contribution in [1.82, 2.24) is 17.1 Å². The van der Waals surface area contributed by atoms with Crippen LogP contribution in [0.25, 0.3) is 59.9 Å². The summed E-state index contributed by atoms with van der Waals surface area (Å²) in [5.74, 6) is 0. The molecule has 0 radical (unpaired) electrons. The lowest BCUT2D eigenvalue weighted by Gasteiger charge is -2.10. The fourth-order valence-corrected chi connectivity index (χ4v) is 8.31. The molecule has 0 amide bonds. The Labute approximate surface area is 199 Å². The molecule has 0 fully saturated rings. The Morgan fingerprint density at radius 3 is 1.59 bits per heavy atom. The highest BCUT2D eigenvalue weighted by Crippen LogP contribution is 2.46. The topological polar surface area (TPSA) is 34.6 Å². The lowest BCUT2D eigenvalue weighted by molar-refractivity contribution is 1.38. The first-order valence-electron chi connectivity index (χ1n) is 11.2. The molecule has 0 bridgehead atoms. The molecule has 0 atom stereocenters. The van der Waals surface area contributed by atoms with E-state index in [1.807, 2.05) is 0 Å². The van der Waals surface area contributed by atoms with Gasteiger partial charge in [0.2, 0.25) is 0 Å². The van der Waals surface area contributed by atoms with E-state index in [2.05, 4.69) is 120 Å². The predicted molar refractivity (Wildman–Crippen MR) is 145 cm³/mol. The maximum absolute atomic E-state index is 4.58. The summed E-state index contributed by atoms with van der Waals surface area (Å²) in [4.78, 5) is 0. The van der Waals surface area contributed by atoms with E-state index in [-0.39, 0.29) is 0 Å². The summed E-state index contributed by atoms with van der Waals surface area (Å²) in [7, 11) is -0.936. The molecule has 0 aliphatic carbocycles. The number of hydrogen-bond acceptors (Lipinski definition) is 3. The summed E-state index contributed by atoms with van der Waals surface area (Å²) in [6.45, 7) is 0. The Kier molecular flexibility index (Phi) is 3.70. The molecule has 4 nitrogen and oxygen atoms in total. The van der Waals surface area contributed by atoms with E-state index in [9.17, 15) is 0 Å². The molecule has 0 aliphatic rings. The van der Waals surface area contributed by atoms with Crippen LogP contribution in [0.5, 0.6) is 0 Å². The van der Waals surface area contributed by atoms with Gasteiger partial charge in [-0.1, -0.05) is 54.6 Å². The van der Waals surface area contributed by atoms with Crippen LogP contribution in [-0.2, 0) is 0 Å². The minimum Gasteiger partial charge on any atom is -0.282 e. The van der Waals surface area contributed by atoms with Gasteiger partial charge in [-0.15, -0.1) is 0 Å². The molecule has 34 heavy (non-hydrogen) atoms. The first-order valence-corrected chi connectivity index (χ1v) is 13.2. The zero-order chi connectivity index (χ0) is 22.2. The lowest BCUT2D eigenvalue weighted by atomic mass is 10.1. The zero-order valence-corrected chi connectivity index (χ0v) is 19.7. The van der Waals surface area contributed by atoms with E-state index in [4.69, 9.17) is 0 Å². The molecule has 0 unspecified atom stereocenters. The molecule has 0 N–H and O–H groups in total. The third-order valence-electron chi connectivity index (χ3n) is 6.68. The first-order chi connectivity index (χ1) is 16.9. The maximum Gasteiger partial charge on any atom is 0.105 e. The second-order valence-corrected chi connectivity index (χ2v) is 11.0. The summed E-state index contributed by atoms with van der Waals surface area (Å²) >= 11 is 1.28. The summed E-state index contributed by atoms with van der Waals surface area (Å²) in [5, 5.41) is 6.24. The van der Waals surface area contributed by atoms with Gasteiger partial charge in [-0.2, -0.15) is 8.75 Å². The highest BCUT2D eigenvalue weighted by Gasteiger charge is 2.18. The predicted octanol–water partition coefficient (Wildman–Crippen LogP) is 8.19. The van der Waals surface area contributed by atoms with Crippen molar-refractivity contribution in [2.75, 3.05) is 0 Å². The standard InChI is InChI=1S/C28H17N4PS/c1-2-10-20(11-3-1)33-31-25-12-6-4-8-18(25)14-27(31)21-16-23-24(30-34-29-23)17-22(21)28-15-19-9-5-7-13-26(19)32(28)33/h1-17H. The van der Waals surface area contributed by atoms with Crippen LogP contribution in [0.2, 0.25) is 0 Å². The van der Waals surface area contributed by atoms with Gasteiger partial charge in [0.05, 0.1) is 41.6 Å². The highest BCUT2D eigenvalue weighted by atomic mass is 32.1. The fourth-order valence-electron chi connectivity index (χ4n) is 5.21. The molecule has 8 rings (SSSR count). The Bertz CT molecular complexity index is 1950. The Balaban J connectivity index is 1.81. The molecule has 4 aromatic carbocycles. The van der Waals surface area contributed by atoms with Gasteiger partial charge >= 0.3 is 0 Å². The first kappa shape index (κ1) is 18.5. The minimum absolute atomic E-state index is 0.936. The van der Waals surface area contributed by atoms with Crippen LogP contribution in [0.4, 0.5) is 0 Å². The van der Waals surface area contributed by atoms with Gasteiger partial charge in [0.25, 0.3) is 0 Å². The molecule has 0 saturated carbocycles. The molecule has 0 saturated heterocycles. The van der Waals surface area contributed by atoms with Crippen molar-refractivity contribution in [3.8, 4) is 5.30 Å². The largest absolute Gasteiger partial charge is 0.282 e.